The first kappa shape index (κ1) is 15.5. The summed E-state index contributed by atoms with van der Waals surface area (Å²) < 4.78 is 5.06. The third kappa shape index (κ3) is 5.97. The number of aliphatic imine (C=N–C) groups is 1. The maximum Gasteiger partial charge on any atom is 0.189 e. The molecule has 0 radical (unpaired) electrons. The first-order valence-electron chi connectivity index (χ1n) is 5.04. The van der Waals surface area contributed by atoms with Gasteiger partial charge in [0.15, 0.2) is 5.96 Å². The van der Waals surface area contributed by atoms with E-state index < -0.39 is 0 Å². The van der Waals surface area contributed by atoms with Gasteiger partial charge in [-0.05, 0) is 17.7 Å². The Bertz CT molecular complexity index is 363. The zero-order chi connectivity index (χ0) is 11.8. The molecule has 17 heavy (non-hydrogen) atoms. The summed E-state index contributed by atoms with van der Waals surface area (Å²) in [5, 5.41) is 2.91. The van der Waals surface area contributed by atoms with Crippen LogP contribution in [0.4, 0.5) is 0 Å². The highest BCUT2D eigenvalue weighted by Crippen LogP contribution is 2.11. The molecule has 4 nitrogen and oxygen atoms in total. The smallest absolute Gasteiger partial charge is 0.189 e. The van der Waals surface area contributed by atoms with Gasteiger partial charge in [0.25, 0.3) is 0 Å². The summed E-state index contributed by atoms with van der Waals surface area (Å²) in [5.74, 6) is 1.27. The molecule has 0 spiro atoms. The lowest BCUT2D eigenvalue weighted by atomic mass is 10.2. The molecule has 0 bridgehead atoms. The molecular weight excluding hydrogens is 282 g/mol. The minimum atomic E-state index is 0. The molecule has 0 aliphatic carbocycles. The Morgan fingerprint density at radius 1 is 1.47 bits per heavy atom. The van der Waals surface area contributed by atoms with E-state index in [2.05, 4.69) is 16.9 Å². The minimum Gasteiger partial charge on any atom is -0.497 e. The largest absolute Gasteiger partial charge is 0.497 e. The summed E-state index contributed by atoms with van der Waals surface area (Å²) >= 11 is 0. The Kier molecular flexibility index (Phi) is 7.88. The van der Waals surface area contributed by atoms with Gasteiger partial charge in [0.2, 0.25) is 0 Å². The molecule has 0 aromatic heterocycles. The molecule has 0 atom stereocenters. The van der Waals surface area contributed by atoms with Crippen LogP contribution in [0.5, 0.6) is 5.75 Å². The average Bonchev–Trinajstić information content (AvgIpc) is 2.34. The zero-order valence-electron chi connectivity index (χ0n) is 9.85. The highest BCUT2D eigenvalue weighted by Gasteiger charge is 1.94. The maximum absolute atomic E-state index is 5.63. The molecule has 5 heteroatoms. The van der Waals surface area contributed by atoms with Crippen LogP contribution in [0.15, 0.2) is 41.9 Å². The van der Waals surface area contributed by atoms with E-state index in [4.69, 9.17) is 10.5 Å². The minimum absolute atomic E-state index is 0. The molecule has 0 saturated carbocycles. The number of rotatable bonds is 5. The van der Waals surface area contributed by atoms with E-state index in [-0.39, 0.29) is 17.0 Å². The van der Waals surface area contributed by atoms with Crippen molar-refractivity contribution in [3.63, 3.8) is 0 Å². The quantitative estimate of drug-likeness (QED) is 0.496. The standard InChI is InChI=1S/C12H17N3O.BrH/c1-3-8-14-12(13)15-9-10-4-6-11(16-2)7-5-10;/h3-7H,1,8-9H2,2H3,(H3,13,14,15);1H. The number of hydrogen-bond donors (Lipinski definition) is 2. The second-order valence-corrected chi connectivity index (χ2v) is 3.22. The summed E-state index contributed by atoms with van der Waals surface area (Å²) in [6.45, 7) is 4.76. The fraction of sp³-hybridized carbons (Fsp3) is 0.250. The van der Waals surface area contributed by atoms with Gasteiger partial charge in [-0.15, -0.1) is 23.6 Å². The van der Waals surface area contributed by atoms with Crippen molar-refractivity contribution in [1.29, 1.82) is 0 Å². The van der Waals surface area contributed by atoms with Crippen molar-refractivity contribution in [3.05, 3.63) is 42.5 Å². The second kappa shape index (κ2) is 8.64. The predicted molar refractivity (Wildman–Crippen MR) is 76.8 cm³/mol. The van der Waals surface area contributed by atoms with E-state index in [1.54, 1.807) is 13.2 Å². The van der Waals surface area contributed by atoms with Crippen molar-refractivity contribution < 1.29 is 4.74 Å². The van der Waals surface area contributed by atoms with E-state index >= 15 is 0 Å². The third-order valence-electron chi connectivity index (χ3n) is 2.02. The van der Waals surface area contributed by atoms with Crippen LogP contribution in [0.3, 0.4) is 0 Å². The molecule has 0 aliphatic rings. The van der Waals surface area contributed by atoms with Gasteiger partial charge >= 0.3 is 0 Å². The normalized spacial score (nSPS) is 10.3. The van der Waals surface area contributed by atoms with Gasteiger partial charge < -0.3 is 15.8 Å². The zero-order valence-corrected chi connectivity index (χ0v) is 11.6. The van der Waals surface area contributed by atoms with Crippen molar-refractivity contribution >= 4 is 22.9 Å². The summed E-state index contributed by atoms with van der Waals surface area (Å²) in [6.07, 6.45) is 1.73. The highest BCUT2D eigenvalue weighted by atomic mass is 79.9. The Labute approximate surface area is 112 Å². The van der Waals surface area contributed by atoms with Gasteiger partial charge in [0.1, 0.15) is 5.75 Å². The van der Waals surface area contributed by atoms with Crippen molar-refractivity contribution in [3.8, 4) is 5.75 Å². The molecule has 0 saturated heterocycles. The highest BCUT2D eigenvalue weighted by molar-refractivity contribution is 8.93. The van der Waals surface area contributed by atoms with Gasteiger partial charge in [-0.1, -0.05) is 18.2 Å². The van der Waals surface area contributed by atoms with Gasteiger partial charge in [-0.25, -0.2) is 4.99 Å². The van der Waals surface area contributed by atoms with Crippen molar-refractivity contribution in [2.75, 3.05) is 13.7 Å². The van der Waals surface area contributed by atoms with Crippen LogP contribution in [0.25, 0.3) is 0 Å². The van der Waals surface area contributed by atoms with Crippen LogP contribution in [0.2, 0.25) is 0 Å². The van der Waals surface area contributed by atoms with Crippen LogP contribution in [0.1, 0.15) is 5.56 Å². The Morgan fingerprint density at radius 3 is 2.65 bits per heavy atom. The van der Waals surface area contributed by atoms with Crippen LogP contribution < -0.4 is 15.8 Å². The lowest BCUT2D eigenvalue weighted by Gasteiger charge is -2.03. The van der Waals surface area contributed by atoms with E-state index in [1.807, 2.05) is 24.3 Å². The van der Waals surface area contributed by atoms with Crippen molar-refractivity contribution in [2.24, 2.45) is 10.7 Å². The van der Waals surface area contributed by atoms with Gasteiger partial charge in [0.05, 0.1) is 13.7 Å². The molecule has 0 aliphatic heterocycles. The van der Waals surface area contributed by atoms with E-state index in [9.17, 15) is 0 Å². The number of benzene rings is 1. The fourth-order valence-corrected chi connectivity index (χ4v) is 1.14. The molecule has 0 amide bonds. The molecule has 3 N–H and O–H groups in total. The topological polar surface area (TPSA) is 59.6 Å². The summed E-state index contributed by atoms with van der Waals surface area (Å²) in [4.78, 5) is 4.18. The Hall–Kier alpha value is -1.49. The van der Waals surface area contributed by atoms with Crippen LogP contribution in [-0.2, 0) is 6.54 Å². The molecule has 0 fully saturated rings. The molecule has 1 aromatic carbocycles. The molecule has 0 heterocycles. The van der Waals surface area contributed by atoms with Gasteiger partial charge in [-0.2, -0.15) is 0 Å². The number of nitrogens with one attached hydrogen (secondary N) is 1. The third-order valence-corrected chi connectivity index (χ3v) is 2.02. The summed E-state index contributed by atoms with van der Waals surface area (Å²) in [6, 6.07) is 7.72. The van der Waals surface area contributed by atoms with E-state index in [0.717, 1.165) is 11.3 Å². The van der Waals surface area contributed by atoms with Gasteiger partial charge in [0, 0.05) is 6.54 Å². The lowest BCUT2D eigenvalue weighted by Crippen LogP contribution is -2.31. The van der Waals surface area contributed by atoms with Gasteiger partial charge in [-0.3, -0.25) is 0 Å². The summed E-state index contributed by atoms with van der Waals surface area (Å²) in [5.41, 5.74) is 6.72. The number of guanidine groups is 1. The van der Waals surface area contributed by atoms with Crippen molar-refractivity contribution in [2.45, 2.75) is 6.54 Å². The first-order valence-corrected chi connectivity index (χ1v) is 5.04. The van der Waals surface area contributed by atoms with E-state index in [0.29, 0.717) is 19.0 Å². The molecule has 1 rings (SSSR count). The lowest BCUT2D eigenvalue weighted by molar-refractivity contribution is 0.414. The number of nitrogens with zero attached hydrogens (tertiary/aromatic N) is 1. The number of methoxy groups -OCH3 is 1. The SMILES string of the molecule is Br.C=CCNC(N)=NCc1ccc(OC)cc1. The molecule has 0 unspecified atom stereocenters. The Morgan fingerprint density at radius 2 is 2.12 bits per heavy atom. The molecule has 94 valence electrons. The molecular formula is C12H18BrN3O. The van der Waals surface area contributed by atoms with E-state index in [1.165, 1.54) is 0 Å². The summed E-state index contributed by atoms with van der Waals surface area (Å²) in [7, 11) is 1.64. The number of hydrogen-bond acceptors (Lipinski definition) is 2. The van der Waals surface area contributed by atoms with Crippen molar-refractivity contribution in [1.82, 2.24) is 5.32 Å². The van der Waals surface area contributed by atoms with Crippen LogP contribution in [0, 0.1) is 0 Å². The first-order chi connectivity index (χ1) is 7.76. The second-order valence-electron chi connectivity index (χ2n) is 3.22. The predicted octanol–water partition coefficient (Wildman–Crippen LogP) is 1.86. The number of halogens is 1. The Balaban J connectivity index is 0.00000256. The maximum atomic E-state index is 5.63. The monoisotopic (exact) mass is 299 g/mol. The fourth-order valence-electron chi connectivity index (χ4n) is 1.14. The van der Waals surface area contributed by atoms with Crippen LogP contribution >= 0.6 is 17.0 Å². The average molecular weight is 300 g/mol. The molecule has 1 aromatic rings. The number of ether oxygens (including phenoxy) is 1. The number of nitrogens with two attached hydrogens (primary N) is 1. The van der Waals surface area contributed by atoms with Crippen LogP contribution in [-0.4, -0.2) is 19.6 Å².